The number of benzene rings is 1. The molecule has 1 aliphatic rings. The minimum absolute atomic E-state index is 0.243. The number of aliphatic hydroxyl groups is 4. The summed E-state index contributed by atoms with van der Waals surface area (Å²) in [6.07, 6.45) is -6.22. The molecular weight excluding hydrogens is 416 g/mol. The molecule has 0 radical (unpaired) electrons. The lowest BCUT2D eigenvalue weighted by molar-refractivity contribution is -0.251. The van der Waals surface area contributed by atoms with E-state index in [-0.39, 0.29) is 11.1 Å². The summed E-state index contributed by atoms with van der Waals surface area (Å²) in [5.41, 5.74) is 1.11. The molecule has 5 atom stereocenters. The van der Waals surface area contributed by atoms with E-state index in [1.807, 2.05) is 25.1 Å². The van der Waals surface area contributed by atoms with Crippen LogP contribution in [0.2, 0.25) is 0 Å². The van der Waals surface area contributed by atoms with Crippen LogP contribution in [0.5, 0.6) is 0 Å². The molecule has 3 aromatic rings. The van der Waals surface area contributed by atoms with Gasteiger partial charge in [-0.1, -0.05) is 29.8 Å². The van der Waals surface area contributed by atoms with Gasteiger partial charge in [0.25, 0.3) is 5.56 Å². The van der Waals surface area contributed by atoms with Gasteiger partial charge in [-0.3, -0.25) is 9.36 Å². The molecule has 1 saturated heterocycles. The largest absolute Gasteiger partial charge is 0.464 e. The monoisotopic (exact) mass is 438 g/mol. The van der Waals surface area contributed by atoms with Gasteiger partial charge in [-0.25, -0.2) is 0 Å². The second-order valence-electron chi connectivity index (χ2n) is 7.67. The van der Waals surface area contributed by atoms with Gasteiger partial charge >= 0.3 is 0 Å². The highest BCUT2D eigenvalue weighted by Gasteiger charge is 2.45. The Morgan fingerprint density at radius 3 is 2.41 bits per heavy atom. The Labute approximate surface area is 183 Å². The first kappa shape index (κ1) is 22.0. The molecule has 3 heterocycles. The van der Waals surface area contributed by atoms with Crippen LogP contribution in [0.3, 0.4) is 0 Å². The number of rotatable bonds is 4. The molecular formula is C23H22N2O7. The summed E-state index contributed by atoms with van der Waals surface area (Å²) in [6.45, 7) is 1.26. The zero-order valence-corrected chi connectivity index (χ0v) is 17.1. The molecule has 4 rings (SSSR count). The number of ether oxygens (including phenoxy) is 1. The molecule has 166 valence electrons. The molecule has 0 spiro atoms. The van der Waals surface area contributed by atoms with E-state index in [4.69, 9.17) is 9.15 Å². The van der Waals surface area contributed by atoms with Crippen LogP contribution in [0.4, 0.5) is 0 Å². The number of aliphatic hydroxyl groups excluding tert-OH is 4. The fourth-order valence-corrected chi connectivity index (χ4v) is 3.85. The van der Waals surface area contributed by atoms with Crippen LogP contribution in [0.1, 0.15) is 17.4 Å². The third-order valence-corrected chi connectivity index (χ3v) is 5.61. The van der Waals surface area contributed by atoms with E-state index in [1.54, 1.807) is 30.3 Å². The van der Waals surface area contributed by atoms with Crippen molar-refractivity contribution in [2.45, 2.75) is 37.6 Å². The van der Waals surface area contributed by atoms with Crippen molar-refractivity contribution in [2.75, 3.05) is 6.61 Å². The number of hydrogen-bond acceptors (Lipinski definition) is 8. The van der Waals surface area contributed by atoms with Crippen LogP contribution >= 0.6 is 0 Å². The van der Waals surface area contributed by atoms with E-state index in [9.17, 15) is 30.5 Å². The number of aromatic nitrogens is 1. The van der Waals surface area contributed by atoms with Crippen molar-refractivity contribution in [3.63, 3.8) is 0 Å². The maximum atomic E-state index is 13.5. The van der Waals surface area contributed by atoms with E-state index in [0.717, 1.165) is 10.1 Å². The van der Waals surface area contributed by atoms with E-state index < -0.39 is 42.8 Å². The van der Waals surface area contributed by atoms with E-state index >= 15 is 0 Å². The topological polar surface area (TPSA) is 149 Å². The number of aryl methyl sites for hydroxylation is 1. The van der Waals surface area contributed by atoms with Crippen molar-refractivity contribution >= 4 is 0 Å². The zero-order chi connectivity index (χ0) is 23.0. The molecule has 1 aliphatic heterocycles. The van der Waals surface area contributed by atoms with E-state index in [1.165, 1.54) is 6.26 Å². The van der Waals surface area contributed by atoms with Crippen LogP contribution in [0, 0.1) is 18.3 Å². The molecule has 0 saturated carbocycles. The zero-order valence-electron chi connectivity index (χ0n) is 17.1. The quantitative estimate of drug-likeness (QED) is 0.470. The molecule has 32 heavy (non-hydrogen) atoms. The molecule has 2 aromatic heterocycles. The SMILES string of the molecule is Cc1ccc(-c2cc(-c3ccco3)c(C#N)c(=O)n2[C@H]2O[C@@H](CO)[C@@H](O)[C@@H](O)[C@H]2O)cc1. The number of pyridine rings is 1. The summed E-state index contributed by atoms with van der Waals surface area (Å²) < 4.78 is 12.1. The number of hydrogen-bond donors (Lipinski definition) is 4. The second-order valence-corrected chi connectivity index (χ2v) is 7.67. The van der Waals surface area contributed by atoms with Gasteiger partial charge in [0.2, 0.25) is 0 Å². The number of furan rings is 1. The van der Waals surface area contributed by atoms with E-state index in [0.29, 0.717) is 17.0 Å². The Morgan fingerprint density at radius 2 is 1.81 bits per heavy atom. The number of nitriles is 1. The molecule has 0 unspecified atom stereocenters. The summed E-state index contributed by atoms with van der Waals surface area (Å²) in [6, 6.07) is 13.9. The first-order chi connectivity index (χ1) is 15.4. The van der Waals surface area contributed by atoms with Gasteiger partial charge in [0.05, 0.1) is 18.6 Å². The van der Waals surface area contributed by atoms with Crippen molar-refractivity contribution in [1.82, 2.24) is 4.57 Å². The molecule has 9 nitrogen and oxygen atoms in total. The molecule has 0 amide bonds. The standard InChI is InChI=1S/C23H22N2O7/c1-12-4-6-13(7-5-12)16-9-14(17-3-2-8-31-17)15(10-24)22(30)25(16)23-21(29)20(28)19(27)18(11-26)32-23/h2-9,18-21,23,26-29H,11H2,1H3/t18-,19+,20+,21+,23-/m0/s1. The van der Waals surface area contributed by atoms with Crippen molar-refractivity contribution in [2.24, 2.45) is 0 Å². The number of nitrogens with zero attached hydrogens (tertiary/aromatic N) is 2. The lowest BCUT2D eigenvalue weighted by atomic mass is 9.96. The summed E-state index contributed by atoms with van der Waals surface area (Å²) >= 11 is 0. The molecule has 1 aromatic carbocycles. The average Bonchev–Trinajstić information content (AvgIpc) is 3.33. The minimum atomic E-state index is -1.70. The maximum absolute atomic E-state index is 13.5. The van der Waals surface area contributed by atoms with E-state index in [2.05, 4.69) is 0 Å². The van der Waals surface area contributed by atoms with Crippen LogP contribution in [-0.2, 0) is 4.74 Å². The van der Waals surface area contributed by atoms with Crippen LogP contribution in [-0.4, -0.2) is 56.0 Å². The first-order valence-corrected chi connectivity index (χ1v) is 9.98. The summed E-state index contributed by atoms with van der Waals surface area (Å²) in [7, 11) is 0. The molecule has 0 aliphatic carbocycles. The molecule has 9 heteroatoms. The van der Waals surface area contributed by atoms with Gasteiger partial charge in [-0.05, 0) is 30.7 Å². The fraction of sp³-hybridized carbons (Fsp3) is 0.304. The summed E-state index contributed by atoms with van der Waals surface area (Å²) in [4.78, 5) is 13.5. The summed E-state index contributed by atoms with van der Waals surface area (Å²) in [5, 5.41) is 50.3. The highest BCUT2D eigenvalue weighted by atomic mass is 16.6. The third kappa shape index (κ3) is 3.64. The van der Waals surface area contributed by atoms with Gasteiger partial charge in [-0.15, -0.1) is 0 Å². The normalized spacial score (nSPS) is 25.4. The summed E-state index contributed by atoms with van der Waals surface area (Å²) in [5.74, 6) is 0.313. The highest BCUT2D eigenvalue weighted by Crippen LogP contribution is 2.34. The third-order valence-electron chi connectivity index (χ3n) is 5.61. The average molecular weight is 438 g/mol. The molecule has 0 bridgehead atoms. The van der Waals surface area contributed by atoms with Gasteiger partial charge in [0, 0.05) is 5.56 Å². The highest BCUT2D eigenvalue weighted by molar-refractivity contribution is 5.73. The van der Waals surface area contributed by atoms with Crippen LogP contribution in [0.15, 0.2) is 57.9 Å². The lowest BCUT2D eigenvalue weighted by Gasteiger charge is -2.41. The Hall–Kier alpha value is -3.26. The van der Waals surface area contributed by atoms with Crippen molar-refractivity contribution < 1.29 is 29.6 Å². The Balaban J connectivity index is 2.00. The molecule has 4 N–H and O–H groups in total. The van der Waals surface area contributed by atoms with Gasteiger partial charge in [-0.2, -0.15) is 5.26 Å². The second kappa shape index (κ2) is 8.70. The van der Waals surface area contributed by atoms with Crippen LogP contribution < -0.4 is 5.56 Å². The van der Waals surface area contributed by atoms with Crippen molar-refractivity contribution in [1.29, 1.82) is 5.26 Å². The first-order valence-electron chi connectivity index (χ1n) is 9.98. The van der Waals surface area contributed by atoms with Crippen molar-refractivity contribution in [3.05, 3.63) is 70.2 Å². The predicted molar refractivity (Wildman–Crippen MR) is 112 cm³/mol. The Kier molecular flexibility index (Phi) is 5.97. The maximum Gasteiger partial charge on any atom is 0.271 e. The molecule has 1 fully saturated rings. The van der Waals surface area contributed by atoms with Gasteiger partial charge in [0.15, 0.2) is 6.23 Å². The fourth-order valence-electron chi connectivity index (χ4n) is 3.85. The predicted octanol–water partition coefficient (Wildman–Crippen LogP) is 0.928. The smallest absolute Gasteiger partial charge is 0.271 e. The minimum Gasteiger partial charge on any atom is -0.464 e. The Morgan fingerprint density at radius 1 is 1.09 bits per heavy atom. The lowest BCUT2D eigenvalue weighted by Crippen LogP contribution is -2.57. The van der Waals surface area contributed by atoms with Gasteiger partial charge in [0.1, 0.15) is 41.8 Å². The Bertz CT molecular complexity index is 1190. The van der Waals surface area contributed by atoms with Crippen molar-refractivity contribution in [3.8, 4) is 28.7 Å². The van der Waals surface area contributed by atoms with Gasteiger partial charge < -0.3 is 29.6 Å². The van der Waals surface area contributed by atoms with Crippen LogP contribution in [0.25, 0.3) is 22.6 Å².